The molecule has 7 heteroatoms. The molecule has 3 aromatic carbocycles. The molecule has 1 amide bonds. The van der Waals surface area contributed by atoms with Gasteiger partial charge in [-0.25, -0.2) is 9.97 Å². The molecule has 2 heterocycles. The first kappa shape index (κ1) is 21.4. The average Bonchev–Trinajstić information content (AvgIpc) is 2.90. The molecule has 5 rings (SSSR count). The maximum atomic E-state index is 13.1. The third-order valence-corrected chi connectivity index (χ3v) is 5.98. The summed E-state index contributed by atoms with van der Waals surface area (Å²) < 4.78 is 0. The van der Waals surface area contributed by atoms with Crippen LogP contribution in [0, 0.1) is 11.3 Å². The number of para-hydroxylation sites is 4. The fourth-order valence-corrected chi connectivity index (χ4v) is 4.23. The molecule has 1 atom stereocenters. The van der Waals surface area contributed by atoms with Crippen molar-refractivity contribution in [2.45, 2.75) is 5.92 Å². The molecule has 1 saturated heterocycles. The lowest BCUT2D eigenvalue weighted by Gasteiger charge is -2.37. The van der Waals surface area contributed by atoms with Gasteiger partial charge in [-0.2, -0.15) is 5.26 Å². The molecule has 1 aromatic heterocycles. The van der Waals surface area contributed by atoms with Crippen LogP contribution >= 0.6 is 0 Å². The average molecular weight is 449 g/mol. The number of carbonyl (C=O) groups is 1. The van der Waals surface area contributed by atoms with Gasteiger partial charge in [-0.15, -0.1) is 0 Å². The van der Waals surface area contributed by atoms with Gasteiger partial charge in [-0.3, -0.25) is 4.79 Å². The molecule has 7 nitrogen and oxygen atoms in total. The number of rotatable bonds is 5. The van der Waals surface area contributed by atoms with Crippen LogP contribution in [0.25, 0.3) is 11.0 Å². The van der Waals surface area contributed by atoms with Gasteiger partial charge in [0.25, 0.3) is 0 Å². The van der Waals surface area contributed by atoms with Gasteiger partial charge in [-0.05, 0) is 36.4 Å². The van der Waals surface area contributed by atoms with Crippen LogP contribution < -0.4 is 15.1 Å². The van der Waals surface area contributed by atoms with Crippen LogP contribution in [0.1, 0.15) is 11.6 Å². The van der Waals surface area contributed by atoms with Gasteiger partial charge >= 0.3 is 0 Å². The van der Waals surface area contributed by atoms with E-state index in [1.165, 1.54) is 5.69 Å². The lowest BCUT2D eigenvalue weighted by Crippen LogP contribution is -2.47. The highest BCUT2D eigenvalue weighted by Gasteiger charge is 2.30. The van der Waals surface area contributed by atoms with Crippen LogP contribution in [0.4, 0.5) is 17.2 Å². The molecule has 1 unspecified atom stereocenters. The highest BCUT2D eigenvalue weighted by Crippen LogP contribution is 2.29. The molecule has 0 saturated carbocycles. The first-order valence-corrected chi connectivity index (χ1v) is 11.3. The van der Waals surface area contributed by atoms with Crippen molar-refractivity contribution >= 4 is 34.1 Å². The number of carbonyl (C=O) groups excluding carboxylic acids is 1. The zero-order valence-corrected chi connectivity index (χ0v) is 18.6. The number of nitriles is 1. The lowest BCUT2D eigenvalue weighted by atomic mass is 10.0. The number of aromatic nitrogens is 2. The fourth-order valence-electron chi connectivity index (χ4n) is 4.23. The number of fused-ring (bicyclic) bond motifs is 1. The largest absolute Gasteiger partial charge is 0.368 e. The predicted octanol–water partition coefficient (Wildman–Crippen LogP) is 4.20. The summed E-state index contributed by atoms with van der Waals surface area (Å²) in [4.78, 5) is 27.2. The molecule has 1 aliphatic rings. The minimum absolute atomic E-state index is 0.391. The molecule has 1 aliphatic heterocycles. The topological polar surface area (TPSA) is 85.1 Å². The number of anilines is 3. The monoisotopic (exact) mass is 448 g/mol. The van der Waals surface area contributed by atoms with Crippen LogP contribution in [0.2, 0.25) is 0 Å². The number of hydrogen-bond donors (Lipinski definition) is 1. The number of nitrogens with zero attached hydrogens (tertiary/aromatic N) is 5. The molecule has 0 bridgehead atoms. The Morgan fingerprint density at radius 2 is 1.35 bits per heavy atom. The van der Waals surface area contributed by atoms with Gasteiger partial charge in [0.15, 0.2) is 11.7 Å². The minimum Gasteiger partial charge on any atom is -0.368 e. The molecule has 4 aromatic rings. The quantitative estimate of drug-likeness (QED) is 0.493. The SMILES string of the molecule is N#CC(C(=O)Nc1ccccc1)c1nc2ccccc2nc1N1CCN(c2ccccc2)CC1. The van der Waals surface area contributed by atoms with E-state index in [4.69, 9.17) is 9.97 Å². The van der Waals surface area contributed by atoms with Crippen molar-refractivity contribution in [1.29, 1.82) is 5.26 Å². The Bertz CT molecular complexity index is 1330. The molecule has 1 N–H and O–H groups in total. The number of nitrogens with one attached hydrogen (secondary N) is 1. The van der Waals surface area contributed by atoms with E-state index in [0.29, 0.717) is 35.8 Å². The van der Waals surface area contributed by atoms with Gasteiger partial charge < -0.3 is 15.1 Å². The van der Waals surface area contributed by atoms with E-state index in [0.717, 1.165) is 18.6 Å². The van der Waals surface area contributed by atoms with Crippen molar-refractivity contribution in [3.8, 4) is 6.07 Å². The van der Waals surface area contributed by atoms with Crippen LogP contribution in [-0.2, 0) is 4.79 Å². The molecule has 168 valence electrons. The van der Waals surface area contributed by atoms with Crippen LogP contribution in [0.15, 0.2) is 84.9 Å². The molecule has 34 heavy (non-hydrogen) atoms. The van der Waals surface area contributed by atoms with Crippen molar-refractivity contribution in [1.82, 2.24) is 9.97 Å². The second-order valence-corrected chi connectivity index (χ2v) is 8.15. The summed E-state index contributed by atoms with van der Waals surface area (Å²) in [7, 11) is 0. The van der Waals surface area contributed by atoms with Gasteiger partial charge in [0.05, 0.1) is 17.1 Å². The van der Waals surface area contributed by atoms with E-state index < -0.39 is 11.8 Å². The second kappa shape index (κ2) is 9.59. The van der Waals surface area contributed by atoms with Crippen molar-refractivity contribution in [3.63, 3.8) is 0 Å². The van der Waals surface area contributed by atoms with E-state index in [9.17, 15) is 10.1 Å². The first-order chi connectivity index (χ1) is 16.7. The van der Waals surface area contributed by atoms with Crippen molar-refractivity contribution in [2.75, 3.05) is 41.3 Å². The van der Waals surface area contributed by atoms with E-state index in [2.05, 4.69) is 33.3 Å². The molecule has 0 radical (unpaired) electrons. The van der Waals surface area contributed by atoms with Crippen LogP contribution in [0.3, 0.4) is 0 Å². The van der Waals surface area contributed by atoms with Gasteiger partial charge in [-0.1, -0.05) is 48.5 Å². The van der Waals surface area contributed by atoms with E-state index in [1.807, 2.05) is 60.7 Å². The highest BCUT2D eigenvalue weighted by atomic mass is 16.1. The molecule has 0 aliphatic carbocycles. The Morgan fingerprint density at radius 3 is 2.00 bits per heavy atom. The standard InChI is InChI=1S/C27H24N6O/c28-19-22(27(34)29-20-9-3-1-4-10-20)25-26(31-24-14-8-7-13-23(24)30-25)33-17-15-32(16-18-33)21-11-5-2-6-12-21/h1-14,22H,15-18H2,(H,29,34). The molecule has 1 fully saturated rings. The minimum atomic E-state index is -1.08. The smallest absolute Gasteiger partial charge is 0.248 e. The summed E-state index contributed by atoms with van der Waals surface area (Å²) in [6.07, 6.45) is 0. The zero-order valence-electron chi connectivity index (χ0n) is 18.6. The summed E-state index contributed by atoms with van der Waals surface area (Å²) in [6.45, 7) is 3.05. The van der Waals surface area contributed by atoms with Crippen LogP contribution in [-0.4, -0.2) is 42.1 Å². The van der Waals surface area contributed by atoms with Crippen molar-refractivity contribution in [3.05, 3.63) is 90.6 Å². The maximum Gasteiger partial charge on any atom is 0.248 e. The molecule has 0 spiro atoms. The summed E-state index contributed by atoms with van der Waals surface area (Å²) in [6, 6.07) is 29.2. The number of hydrogen-bond acceptors (Lipinski definition) is 6. The second-order valence-electron chi connectivity index (χ2n) is 8.15. The summed E-state index contributed by atoms with van der Waals surface area (Å²) >= 11 is 0. The van der Waals surface area contributed by atoms with E-state index in [-0.39, 0.29) is 0 Å². The molecular formula is C27H24N6O. The van der Waals surface area contributed by atoms with Crippen LogP contribution in [0.5, 0.6) is 0 Å². The van der Waals surface area contributed by atoms with E-state index >= 15 is 0 Å². The Hall–Kier alpha value is -4.44. The Balaban J connectivity index is 1.46. The fraction of sp³-hybridized carbons (Fsp3) is 0.185. The Labute approximate surface area is 198 Å². The normalized spacial score (nSPS) is 14.4. The Morgan fingerprint density at radius 1 is 0.794 bits per heavy atom. The highest BCUT2D eigenvalue weighted by molar-refractivity contribution is 5.98. The third-order valence-electron chi connectivity index (χ3n) is 5.98. The number of amides is 1. The predicted molar refractivity (Wildman–Crippen MR) is 134 cm³/mol. The Kier molecular flexibility index (Phi) is 6.04. The van der Waals surface area contributed by atoms with E-state index in [1.54, 1.807) is 12.1 Å². The van der Waals surface area contributed by atoms with Gasteiger partial charge in [0.1, 0.15) is 5.69 Å². The number of piperazine rings is 1. The maximum absolute atomic E-state index is 13.1. The van der Waals surface area contributed by atoms with Crippen molar-refractivity contribution < 1.29 is 4.79 Å². The summed E-state index contributed by atoms with van der Waals surface area (Å²) in [5.41, 5.74) is 3.62. The van der Waals surface area contributed by atoms with Gasteiger partial charge in [0, 0.05) is 37.6 Å². The third kappa shape index (κ3) is 4.39. The number of benzene rings is 3. The van der Waals surface area contributed by atoms with Crippen molar-refractivity contribution in [2.24, 2.45) is 0 Å². The van der Waals surface area contributed by atoms with Gasteiger partial charge in [0.2, 0.25) is 5.91 Å². The lowest BCUT2D eigenvalue weighted by molar-refractivity contribution is -0.116. The summed E-state index contributed by atoms with van der Waals surface area (Å²) in [5, 5.41) is 12.9. The first-order valence-electron chi connectivity index (χ1n) is 11.3. The zero-order chi connectivity index (χ0) is 23.3. The summed E-state index contributed by atoms with van der Waals surface area (Å²) in [5.74, 6) is -0.900. The molecular weight excluding hydrogens is 424 g/mol.